The molecule has 2 atom stereocenters. The van der Waals surface area contributed by atoms with Gasteiger partial charge in [0, 0.05) is 0 Å². The molecule has 1 aliphatic carbocycles. The summed E-state index contributed by atoms with van der Waals surface area (Å²) in [6.07, 6.45) is 7.39. The Morgan fingerprint density at radius 1 is 1.29 bits per heavy atom. The fourth-order valence-electron chi connectivity index (χ4n) is 2.69. The molecule has 2 aliphatic rings. The first-order valence-electron chi connectivity index (χ1n) is 5.73. The van der Waals surface area contributed by atoms with Crippen LogP contribution in [0.3, 0.4) is 0 Å². The van der Waals surface area contributed by atoms with Gasteiger partial charge in [-0.05, 0) is 12.3 Å². The van der Waals surface area contributed by atoms with Crippen molar-refractivity contribution in [2.75, 3.05) is 0 Å². The summed E-state index contributed by atoms with van der Waals surface area (Å²) < 4.78 is 0. The van der Waals surface area contributed by atoms with Crippen molar-refractivity contribution >= 4 is 5.91 Å². The molecule has 3 nitrogen and oxygen atoms in total. The monoisotopic (exact) mass is 197 g/mol. The lowest BCUT2D eigenvalue weighted by Crippen LogP contribution is -2.34. The molecule has 2 N–H and O–H groups in total. The summed E-state index contributed by atoms with van der Waals surface area (Å²) in [6.45, 7) is 0. The molecular weight excluding hydrogens is 178 g/mol. The normalized spacial score (nSPS) is 34.5. The zero-order chi connectivity index (χ0) is 9.97. The van der Waals surface area contributed by atoms with Gasteiger partial charge in [-0.2, -0.15) is 0 Å². The molecule has 1 saturated heterocycles. The van der Waals surface area contributed by atoms with Gasteiger partial charge in [-0.25, -0.2) is 0 Å². The number of aliphatic hydroxyl groups excluding tert-OH is 1. The van der Waals surface area contributed by atoms with Crippen LogP contribution in [0.1, 0.15) is 44.9 Å². The highest BCUT2D eigenvalue weighted by molar-refractivity contribution is 5.79. The maximum atomic E-state index is 11.0. The number of amides is 1. The summed E-state index contributed by atoms with van der Waals surface area (Å²) >= 11 is 0. The zero-order valence-corrected chi connectivity index (χ0v) is 8.54. The number of hydrogen-bond acceptors (Lipinski definition) is 2. The molecule has 0 unspecified atom stereocenters. The topological polar surface area (TPSA) is 49.3 Å². The predicted molar refractivity (Wildman–Crippen MR) is 53.7 cm³/mol. The number of carbonyl (C=O) groups is 1. The van der Waals surface area contributed by atoms with E-state index in [1.165, 1.54) is 32.1 Å². The Morgan fingerprint density at radius 3 is 2.57 bits per heavy atom. The molecule has 2 rings (SSSR count). The first-order chi connectivity index (χ1) is 6.75. The second kappa shape index (κ2) is 4.30. The smallest absolute Gasteiger partial charge is 0.222 e. The maximum absolute atomic E-state index is 11.0. The average Bonchev–Trinajstić information content (AvgIpc) is 2.47. The van der Waals surface area contributed by atoms with Crippen LogP contribution >= 0.6 is 0 Å². The van der Waals surface area contributed by atoms with E-state index in [1.54, 1.807) is 0 Å². The van der Waals surface area contributed by atoms with Gasteiger partial charge in [-0.15, -0.1) is 0 Å². The van der Waals surface area contributed by atoms with Crippen LogP contribution in [0, 0.1) is 5.92 Å². The van der Waals surface area contributed by atoms with Crippen LogP contribution < -0.4 is 5.32 Å². The van der Waals surface area contributed by atoms with Gasteiger partial charge in [0.2, 0.25) is 5.91 Å². The Balaban J connectivity index is 1.81. The van der Waals surface area contributed by atoms with Gasteiger partial charge in [0.25, 0.3) is 0 Å². The second-order valence-corrected chi connectivity index (χ2v) is 4.69. The highest BCUT2D eigenvalue weighted by atomic mass is 16.3. The van der Waals surface area contributed by atoms with Crippen molar-refractivity contribution in [3.63, 3.8) is 0 Å². The van der Waals surface area contributed by atoms with E-state index in [-0.39, 0.29) is 11.9 Å². The lowest BCUT2D eigenvalue weighted by Gasteiger charge is -2.25. The van der Waals surface area contributed by atoms with Crippen LogP contribution in [0.5, 0.6) is 0 Å². The number of rotatable bonds is 2. The van der Waals surface area contributed by atoms with Gasteiger partial charge in [0.15, 0.2) is 0 Å². The van der Waals surface area contributed by atoms with Gasteiger partial charge in [-0.1, -0.05) is 32.1 Å². The summed E-state index contributed by atoms with van der Waals surface area (Å²) in [4.78, 5) is 11.0. The minimum atomic E-state index is -0.440. The van der Waals surface area contributed by atoms with Gasteiger partial charge in [0.05, 0.1) is 18.6 Å². The number of hydrogen-bond donors (Lipinski definition) is 2. The Morgan fingerprint density at radius 2 is 2.00 bits per heavy atom. The van der Waals surface area contributed by atoms with E-state index in [9.17, 15) is 9.90 Å². The van der Waals surface area contributed by atoms with Crippen LogP contribution in [-0.2, 0) is 4.79 Å². The largest absolute Gasteiger partial charge is 0.390 e. The molecule has 1 heterocycles. The molecule has 0 radical (unpaired) electrons. The molecule has 1 aliphatic heterocycles. The molecule has 14 heavy (non-hydrogen) atoms. The fourth-order valence-corrected chi connectivity index (χ4v) is 2.69. The molecule has 0 bridgehead atoms. The van der Waals surface area contributed by atoms with Gasteiger partial charge < -0.3 is 10.4 Å². The summed E-state index contributed by atoms with van der Waals surface area (Å²) in [5.41, 5.74) is 0. The SMILES string of the molecule is O=C1C[C@H](O)[C@H](CC2CCCCC2)N1. The number of carbonyl (C=O) groups excluding carboxylic acids is 1. The summed E-state index contributed by atoms with van der Waals surface area (Å²) in [5, 5.41) is 12.5. The third kappa shape index (κ3) is 2.27. The van der Waals surface area contributed by atoms with E-state index in [4.69, 9.17) is 0 Å². The predicted octanol–water partition coefficient (Wildman–Crippen LogP) is 1.21. The van der Waals surface area contributed by atoms with Gasteiger partial charge >= 0.3 is 0 Å². The summed E-state index contributed by atoms with van der Waals surface area (Å²) in [7, 11) is 0. The van der Waals surface area contributed by atoms with E-state index in [1.807, 2.05) is 0 Å². The van der Waals surface area contributed by atoms with Crippen molar-refractivity contribution in [1.29, 1.82) is 0 Å². The molecule has 2 fully saturated rings. The van der Waals surface area contributed by atoms with E-state index in [0.717, 1.165) is 12.3 Å². The van der Waals surface area contributed by atoms with Crippen molar-refractivity contribution in [2.45, 2.75) is 57.1 Å². The van der Waals surface area contributed by atoms with Crippen molar-refractivity contribution in [3.05, 3.63) is 0 Å². The molecule has 1 saturated carbocycles. The van der Waals surface area contributed by atoms with Crippen LogP contribution in [0.15, 0.2) is 0 Å². The Labute approximate surface area is 84.9 Å². The average molecular weight is 197 g/mol. The number of aliphatic hydroxyl groups is 1. The van der Waals surface area contributed by atoms with Crippen molar-refractivity contribution in [2.24, 2.45) is 5.92 Å². The molecule has 80 valence electrons. The third-order valence-corrected chi connectivity index (χ3v) is 3.52. The standard InChI is InChI=1S/C11H19NO2/c13-10-7-11(14)12-9(10)6-8-4-2-1-3-5-8/h8-10,13H,1-7H2,(H,12,14)/t9-,10-/m0/s1. The highest BCUT2D eigenvalue weighted by Crippen LogP contribution is 2.29. The maximum Gasteiger partial charge on any atom is 0.222 e. The molecule has 3 heteroatoms. The fraction of sp³-hybridized carbons (Fsp3) is 0.909. The highest BCUT2D eigenvalue weighted by Gasteiger charge is 2.32. The second-order valence-electron chi connectivity index (χ2n) is 4.69. The van der Waals surface area contributed by atoms with Crippen LogP contribution in [0.2, 0.25) is 0 Å². The van der Waals surface area contributed by atoms with E-state index in [2.05, 4.69) is 5.32 Å². The Bertz CT molecular complexity index is 211. The lowest BCUT2D eigenvalue weighted by molar-refractivity contribution is -0.119. The molecular formula is C11H19NO2. The minimum absolute atomic E-state index is 0.0123. The third-order valence-electron chi connectivity index (χ3n) is 3.52. The van der Waals surface area contributed by atoms with Crippen LogP contribution in [-0.4, -0.2) is 23.2 Å². The summed E-state index contributed by atoms with van der Waals surface area (Å²) in [6, 6.07) is 0.0330. The summed E-state index contributed by atoms with van der Waals surface area (Å²) in [5.74, 6) is 0.736. The minimum Gasteiger partial charge on any atom is -0.390 e. The Kier molecular flexibility index (Phi) is 3.06. The molecule has 0 aromatic heterocycles. The lowest BCUT2D eigenvalue weighted by atomic mass is 9.84. The first-order valence-corrected chi connectivity index (χ1v) is 5.73. The quantitative estimate of drug-likeness (QED) is 0.699. The van der Waals surface area contributed by atoms with E-state index in [0.29, 0.717) is 6.42 Å². The van der Waals surface area contributed by atoms with Crippen molar-refractivity contribution in [3.8, 4) is 0 Å². The molecule has 1 amide bonds. The van der Waals surface area contributed by atoms with Crippen LogP contribution in [0.4, 0.5) is 0 Å². The molecule has 0 aromatic rings. The Hall–Kier alpha value is -0.570. The molecule has 0 aromatic carbocycles. The van der Waals surface area contributed by atoms with Crippen molar-refractivity contribution in [1.82, 2.24) is 5.32 Å². The first kappa shape index (κ1) is 9.97. The van der Waals surface area contributed by atoms with E-state index < -0.39 is 6.10 Å². The van der Waals surface area contributed by atoms with Gasteiger partial charge in [-0.3, -0.25) is 4.79 Å². The van der Waals surface area contributed by atoms with E-state index >= 15 is 0 Å². The van der Waals surface area contributed by atoms with Crippen molar-refractivity contribution < 1.29 is 9.90 Å². The molecule has 0 spiro atoms. The van der Waals surface area contributed by atoms with Gasteiger partial charge in [0.1, 0.15) is 0 Å². The van der Waals surface area contributed by atoms with Crippen LogP contribution in [0.25, 0.3) is 0 Å². The zero-order valence-electron chi connectivity index (χ0n) is 8.54. The number of nitrogens with one attached hydrogen (secondary N) is 1.